The fourth-order valence-corrected chi connectivity index (χ4v) is 3.25. The first-order chi connectivity index (χ1) is 14.3. The summed E-state index contributed by atoms with van der Waals surface area (Å²) < 4.78 is 43.5. The Hall–Kier alpha value is -2.33. The Morgan fingerprint density at radius 1 is 1.27 bits per heavy atom. The van der Waals surface area contributed by atoms with Crippen LogP contribution >= 0.6 is 0 Å². The van der Waals surface area contributed by atoms with Crippen molar-refractivity contribution in [1.29, 1.82) is 0 Å². The normalized spacial score (nSPS) is 16.4. The second kappa shape index (κ2) is 11.8. The van der Waals surface area contributed by atoms with Crippen molar-refractivity contribution in [3.63, 3.8) is 0 Å². The first kappa shape index (κ1) is 23.9. The van der Waals surface area contributed by atoms with Crippen LogP contribution in [0, 0.1) is 0 Å². The van der Waals surface area contributed by atoms with Crippen LogP contribution in [0.1, 0.15) is 24.0 Å². The number of ether oxygens (including phenoxy) is 1. The van der Waals surface area contributed by atoms with Crippen LogP contribution in [-0.2, 0) is 22.3 Å². The molecule has 0 unspecified atom stereocenters. The summed E-state index contributed by atoms with van der Waals surface area (Å²) in [5, 5.41) is 9.00. The van der Waals surface area contributed by atoms with Gasteiger partial charge < -0.3 is 20.7 Å². The summed E-state index contributed by atoms with van der Waals surface area (Å²) in [6.45, 7) is 3.04. The highest BCUT2D eigenvalue weighted by Crippen LogP contribution is 2.30. The smallest absolute Gasteiger partial charge is 0.383 e. The molecular formula is C20H30F3N5O2. The maximum atomic E-state index is 12.9. The van der Waals surface area contributed by atoms with Gasteiger partial charge in [-0.2, -0.15) is 13.2 Å². The number of likely N-dealkylation sites (tertiary alicyclic amines) is 1. The van der Waals surface area contributed by atoms with Crippen LogP contribution in [0.3, 0.4) is 0 Å². The minimum Gasteiger partial charge on any atom is -0.383 e. The zero-order chi connectivity index (χ0) is 22.0. The molecule has 1 aromatic carbocycles. The van der Waals surface area contributed by atoms with Crippen molar-refractivity contribution in [3.05, 3.63) is 35.4 Å². The molecule has 1 amide bonds. The summed E-state index contributed by atoms with van der Waals surface area (Å²) in [7, 11) is 3.21. The van der Waals surface area contributed by atoms with Gasteiger partial charge >= 0.3 is 6.18 Å². The fourth-order valence-electron chi connectivity index (χ4n) is 3.25. The third-order valence-electron chi connectivity index (χ3n) is 4.86. The molecule has 0 saturated carbocycles. The molecule has 1 aromatic rings. The quantitative estimate of drug-likeness (QED) is 0.332. The molecule has 0 radical (unpaired) electrons. The molecule has 0 atom stereocenters. The number of hydrogen-bond donors (Lipinski definition) is 3. The number of hydrogen-bond acceptors (Lipinski definition) is 4. The van der Waals surface area contributed by atoms with Gasteiger partial charge in [-0.05, 0) is 24.5 Å². The predicted octanol–water partition coefficient (Wildman–Crippen LogP) is 1.60. The molecule has 0 spiro atoms. The van der Waals surface area contributed by atoms with E-state index in [2.05, 4.69) is 25.8 Å². The summed E-state index contributed by atoms with van der Waals surface area (Å²) in [4.78, 5) is 18.0. The molecule has 1 heterocycles. The summed E-state index contributed by atoms with van der Waals surface area (Å²) in [6.07, 6.45) is -2.66. The Morgan fingerprint density at radius 3 is 2.63 bits per heavy atom. The lowest BCUT2D eigenvalue weighted by molar-refractivity contribution is -0.137. The number of halogens is 3. The summed E-state index contributed by atoms with van der Waals surface area (Å²) in [5.41, 5.74) is 0.0471. The molecular weight excluding hydrogens is 399 g/mol. The van der Waals surface area contributed by atoms with Gasteiger partial charge in [0.25, 0.3) is 0 Å². The monoisotopic (exact) mass is 429 g/mol. The highest BCUT2D eigenvalue weighted by atomic mass is 19.4. The molecule has 1 fully saturated rings. The van der Waals surface area contributed by atoms with E-state index in [0.717, 1.165) is 32.0 Å². The number of carbonyl (C=O) groups excluding carboxylic acids is 1. The van der Waals surface area contributed by atoms with Crippen LogP contribution in [0.25, 0.3) is 0 Å². The topological polar surface area (TPSA) is 78.0 Å². The van der Waals surface area contributed by atoms with Crippen molar-refractivity contribution in [3.8, 4) is 0 Å². The average molecular weight is 429 g/mol. The highest BCUT2D eigenvalue weighted by Gasteiger charge is 2.30. The van der Waals surface area contributed by atoms with E-state index in [4.69, 9.17) is 4.74 Å². The zero-order valence-corrected chi connectivity index (χ0v) is 17.4. The summed E-state index contributed by atoms with van der Waals surface area (Å²) in [6, 6.07) is 5.67. The third kappa shape index (κ3) is 8.19. The lowest BCUT2D eigenvalue weighted by Crippen LogP contribution is -2.50. The number of methoxy groups -OCH3 is 1. The van der Waals surface area contributed by atoms with E-state index in [0.29, 0.717) is 31.2 Å². The SMILES string of the molecule is CN=C(NCC(=O)NCCOC)NC1CCN(Cc2cccc(C(F)(F)F)c2)CC1. The number of amides is 1. The number of guanidine groups is 1. The van der Waals surface area contributed by atoms with Crippen molar-refractivity contribution in [2.24, 2.45) is 4.99 Å². The molecule has 0 aromatic heterocycles. The molecule has 1 saturated heterocycles. The predicted molar refractivity (Wildman–Crippen MR) is 109 cm³/mol. The van der Waals surface area contributed by atoms with Crippen LogP contribution in [0.5, 0.6) is 0 Å². The molecule has 1 aliphatic rings. The van der Waals surface area contributed by atoms with Crippen molar-refractivity contribution in [1.82, 2.24) is 20.9 Å². The van der Waals surface area contributed by atoms with Gasteiger partial charge in [-0.3, -0.25) is 14.7 Å². The molecule has 3 N–H and O–H groups in total. The van der Waals surface area contributed by atoms with Crippen molar-refractivity contribution < 1.29 is 22.7 Å². The van der Waals surface area contributed by atoms with Crippen molar-refractivity contribution in [2.75, 3.05) is 46.9 Å². The number of piperidine rings is 1. The first-order valence-corrected chi connectivity index (χ1v) is 9.93. The standard InChI is InChI=1S/C20H30F3N5O2/c1-24-19(26-13-18(29)25-8-11-30-2)27-17-6-9-28(10-7-17)14-15-4-3-5-16(12-15)20(21,22)23/h3-5,12,17H,6-11,13-14H2,1-2H3,(H,25,29)(H2,24,26,27). The number of rotatable bonds is 8. The minimum atomic E-state index is -4.32. The van der Waals surface area contributed by atoms with E-state index in [1.54, 1.807) is 20.2 Å². The van der Waals surface area contributed by atoms with Crippen LogP contribution in [-0.4, -0.2) is 69.8 Å². The van der Waals surface area contributed by atoms with E-state index >= 15 is 0 Å². The van der Waals surface area contributed by atoms with Crippen molar-refractivity contribution >= 4 is 11.9 Å². The number of nitrogens with one attached hydrogen (secondary N) is 3. The number of benzene rings is 1. The van der Waals surface area contributed by atoms with Crippen LogP contribution in [0.2, 0.25) is 0 Å². The van der Waals surface area contributed by atoms with Gasteiger partial charge in [0.05, 0.1) is 18.7 Å². The van der Waals surface area contributed by atoms with E-state index in [1.807, 2.05) is 0 Å². The lowest BCUT2D eigenvalue weighted by atomic mass is 10.0. The Bertz CT molecular complexity index is 704. The van der Waals surface area contributed by atoms with E-state index < -0.39 is 11.7 Å². The number of aliphatic imine (C=N–C) groups is 1. The molecule has 10 heteroatoms. The Kier molecular flexibility index (Phi) is 9.38. The largest absolute Gasteiger partial charge is 0.416 e. The molecule has 30 heavy (non-hydrogen) atoms. The third-order valence-corrected chi connectivity index (χ3v) is 4.86. The van der Waals surface area contributed by atoms with Gasteiger partial charge in [0, 0.05) is 46.4 Å². The maximum Gasteiger partial charge on any atom is 0.416 e. The van der Waals surface area contributed by atoms with E-state index in [9.17, 15) is 18.0 Å². The average Bonchev–Trinajstić information content (AvgIpc) is 2.72. The van der Waals surface area contributed by atoms with Gasteiger partial charge in [0.2, 0.25) is 5.91 Å². The van der Waals surface area contributed by atoms with Gasteiger partial charge in [-0.1, -0.05) is 18.2 Å². The Labute approximate surface area is 175 Å². The fraction of sp³-hybridized carbons (Fsp3) is 0.600. The van der Waals surface area contributed by atoms with E-state index in [-0.39, 0.29) is 18.5 Å². The molecule has 168 valence electrons. The van der Waals surface area contributed by atoms with Crippen molar-refractivity contribution in [2.45, 2.75) is 31.6 Å². The first-order valence-electron chi connectivity index (χ1n) is 9.93. The second-order valence-corrected chi connectivity index (χ2v) is 7.16. The molecule has 2 rings (SSSR count). The number of nitrogens with zero attached hydrogens (tertiary/aromatic N) is 2. The van der Waals surface area contributed by atoms with Crippen LogP contribution < -0.4 is 16.0 Å². The lowest BCUT2D eigenvalue weighted by Gasteiger charge is -2.33. The zero-order valence-electron chi connectivity index (χ0n) is 17.4. The maximum absolute atomic E-state index is 12.9. The second-order valence-electron chi connectivity index (χ2n) is 7.16. The minimum absolute atomic E-state index is 0.109. The molecule has 7 nitrogen and oxygen atoms in total. The Morgan fingerprint density at radius 2 is 2.00 bits per heavy atom. The van der Waals surface area contributed by atoms with Gasteiger partial charge in [0.1, 0.15) is 0 Å². The van der Waals surface area contributed by atoms with Crippen LogP contribution in [0.15, 0.2) is 29.3 Å². The van der Waals surface area contributed by atoms with Gasteiger partial charge in [-0.15, -0.1) is 0 Å². The Balaban J connectivity index is 1.74. The highest BCUT2D eigenvalue weighted by molar-refractivity contribution is 5.86. The van der Waals surface area contributed by atoms with E-state index in [1.165, 1.54) is 12.1 Å². The molecule has 0 aliphatic carbocycles. The molecule has 0 bridgehead atoms. The molecule has 1 aliphatic heterocycles. The van der Waals surface area contributed by atoms with Crippen LogP contribution in [0.4, 0.5) is 13.2 Å². The van der Waals surface area contributed by atoms with Gasteiger partial charge in [-0.25, -0.2) is 0 Å². The van der Waals surface area contributed by atoms with Gasteiger partial charge in [0.15, 0.2) is 5.96 Å². The summed E-state index contributed by atoms with van der Waals surface area (Å²) >= 11 is 0. The summed E-state index contributed by atoms with van der Waals surface area (Å²) in [5.74, 6) is 0.402. The number of alkyl halides is 3. The number of carbonyl (C=O) groups is 1.